The van der Waals surface area contributed by atoms with Gasteiger partial charge < -0.3 is 24.4 Å². The van der Waals surface area contributed by atoms with Gasteiger partial charge in [0.05, 0.1) is 18.2 Å². The number of sulfonamides is 1. The van der Waals surface area contributed by atoms with E-state index in [4.69, 9.17) is 9.47 Å². The van der Waals surface area contributed by atoms with Gasteiger partial charge >= 0.3 is 5.97 Å². The Hall–Kier alpha value is -2.41. The van der Waals surface area contributed by atoms with Crippen molar-refractivity contribution >= 4 is 21.9 Å². The second-order valence-electron chi connectivity index (χ2n) is 11.7. The SMILES string of the molecule is CCCCN(CCCCN(C)C)C(=O)CN1CC(c2ccc3c(c2)OCO3)C(C(=O)O)C1CCN1CCCS1(=O)=O. The molecular formula is C29H46N4O7S. The Morgan fingerprint density at radius 2 is 1.80 bits per heavy atom. The van der Waals surface area contributed by atoms with Gasteiger partial charge in [-0.05, 0) is 70.4 Å². The molecule has 12 heteroatoms. The zero-order chi connectivity index (χ0) is 29.6. The van der Waals surface area contributed by atoms with E-state index in [0.29, 0.717) is 50.5 Å². The molecule has 1 N–H and O–H groups in total. The first-order valence-electron chi connectivity index (χ1n) is 14.9. The van der Waals surface area contributed by atoms with Crippen molar-refractivity contribution in [2.24, 2.45) is 5.92 Å². The Morgan fingerprint density at radius 1 is 1.07 bits per heavy atom. The number of ether oxygens (including phenoxy) is 2. The zero-order valence-electron chi connectivity index (χ0n) is 24.7. The Balaban J connectivity index is 1.55. The van der Waals surface area contributed by atoms with Crippen LogP contribution in [0.1, 0.15) is 56.9 Å². The van der Waals surface area contributed by atoms with Crippen molar-refractivity contribution in [2.75, 3.05) is 72.5 Å². The lowest BCUT2D eigenvalue weighted by Gasteiger charge is -2.30. The third-order valence-corrected chi connectivity index (χ3v) is 10.4. The molecule has 0 aromatic heterocycles. The largest absolute Gasteiger partial charge is 0.481 e. The van der Waals surface area contributed by atoms with Gasteiger partial charge in [0.25, 0.3) is 0 Å². The van der Waals surface area contributed by atoms with Crippen molar-refractivity contribution in [1.82, 2.24) is 19.0 Å². The van der Waals surface area contributed by atoms with E-state index in [0.717, 1.165) is 37.8 Å². The van der Waals surface area contributed by atoms with Gasteiger partial charge in [-0.3, -0.25) is 14.5 Å². The number of carboxylic acid groups (broad SMARTS) is 1. The van der Waals surface area contributed by atoms with Crippen molar-refractivity contribution < 1.29 is 32.6 Å². The fraction of sp³-hybridized carbons (Fsp3) is 0.724. The quantitative estimate of drug-likeness (QED) is 0.305. The Kier molecular flexibility index (Phi) is 10.9. The number of amides is 1. The first-order valence-corrected chi connectivity index (χ1v) is 16.5. The second kappa shape index (κ2) is 14.2. The van der Waals surface area contributed by atoms with Gasteiger partial charge in [-0.25, -0.2) is 12.7 Å². The summed E-state index contributed by atoms with van der Waals surface area (Å²) in [5.74, 6) is -0.771. The standard InChI is InChI=1S/C29H46N4O7S/c1-4-5-13-31(14-7-6-12-30(2)3)27(34)20-32-19-23(22-9-10-25-26(18-22)40-21-39-25)28(29(35)36)24(32)11-16-33-15-8-17-41(33,37)38/h9-10,18,23-24,28H,4-8,11-17,19-21H2,1-3H3,(H,35,36). The molecule has 1 amide bonds. The predicted molar refractivity (Wildman–Crippen MR) is 156 cm³/mol. The number of carbonyl (C=O) groups is 2. The lowest BCUT2D eigenvalue weighted by Crippen LogP contribution is -2.45. The molecule has 2 fully saturated rings. The highest BCUT2D eigenvalue weighted by Gasteiger charge is 2.48. The van der Waals surface area contributed by atoms with Gasteiger partial charge in [-0.2, -0.15) is 0 Å². The summed E-state index contributed by atoms with van der Waals surface area (Å²) in [7, 11) is 0.762. The number of hydrogen-bond donors (Lipinski definition) is 1. The molecule has 4 rings (SSSR count). The topological polar surface area (TPSA) is 120 Å². The van der Waals surface area contributed by atoms with Gasteiger partial charge in [0.15, 0.2) is 11.5 Å². The van der Waals surface area contributed by atoms with E-state index < -0.39 is 28.0 Å². The van der Waals surface area contributed by atoms with Crippen molar-refractivity contribution in [2.45, 2.75) is 57.4 Å². The summed E-state index contributed by atoms with van der Waals surface area (Å²) in [6, 6.07) is 5.04. The highest BCUT2D eigenvalue weighted by atomic mass is 32.2. The van der Waals surface area contributed by atoms with Crippen LogP contribution in [0.3, 0.4) is 0 Å². The Labute approximate surface area is 244 Å². The first-order chi connectivity index (χ1) is 19.6. The summed E-state index contributed by atoms with van der Waals surface area (Å²) < 4.78 is 37.5. The predicted octanol–water partition coefficient (Wildman–Crippen LogP) is 2.28. The molecule has 230 valence electrons. The molecule has 2 saturated heterocycles. The third-order valence-electron chi connectivity index (χ3n) is 8.49. The summed E-state index contributed by atoms with van der Waals surface area (Å²) in [5.41, 5.74) is 0.821. The minimum atomic E-state index is -3.31. The molecule has 41 heavy (non-hydrogen) atoms. The molecule has 3 heterocycles. The van der Waals surface area contributed by atoms with Crippen molar-refractivity contribution in [3.8, 4) is 11.5 Å². The fourth-order valence-corrected chi connectivity index (χ4v) is 7.81. The Bertz CT molecular complexity index is 1160. The first kappa shape index (κ1) is 31.5. The van der Waals surface area contributed by atoms with Crippen LogP contribution in [0.2, 0.25) is 0 Å². The van der Waals surface area contributed by atoms with E-state index in [1.165, 1.54) is 4.31 Å². The van der Waals surface area contributed by atoms with Crippen molar-refractivity contribution in [3.63, 3.8) is 0 Å². The van der Waals surface area contributed by atoms with Crippen LogP contribution in [0.4, 0.5) is 0 Å². The number of carbonyl (C=O) groups excluding carboxylic acids is 1. The van der Waals surface area contributed by atoms with E-state index in [2.05, 4.69) is 11.8 Å². The maximum absolute atomic E-state index is 13.7. The summed E-state index contributed by atoms with van der Waals surface area (Å²) in [4.78, 5) is 32.5. The normalized spacial score (nSPS) is 23.9. The van der Waals surface area contributed by atoms with Gasteiger partial charge in [0.2, 0.25) is 22.7 Å². The fourth-order valence-electron chi connectivity index (χ4n) is 6.27. The lowest BCUT2D eigenvalue weighted by atomic mass is 9.84. The van der Waals surface area contributed by atoms with Gasteiger partial charge in [-0.1, -0.05) is 19.4 Å². The van der Waals surface area contributed by atoms with Crippen LogP contribution in [-0.4, -0.2) is 123 Å². The van der Waals surface area contributed by atoms with Gasteiger partial charge in [0.1, 0.15) is 0 Å². The molecule has 0 spiro atoms. The molecule has 11 nitrogen and oxygen atoms in total. The summed E-state index contributed by atoms with van der Waals surface area (Å²) in [6.07, 6.45) is 4.72. The number of likely N-dealkylation sites (tertiary alicyclic amines) is 1. The van der Waals surface area contributed by atoms with Crippen LogP contribution in [0.25, 0.3) is 0 Å². The maximum atomic E-state index is 13.7. The molecule has 3 atom stereocenters. The van der Waals surface area contributed by atoms with Crippen LogP contribution in [-0.2, 0) is 19.6 Å². The van der Waals surface area contributed by atoms with Crippen LogP contribution in [0.5, 0.6) is 11.5 Å². The molecule has 0 saturated carbocycles. The van der Waals surface area contributed by atoms with E-state index >= 15 is 0 Å². The third kappa shape index (κ3) is 7.91. The number of rotatable bonds is 15. The van der Waals surface area contributed by atoms with E-state index in [1.54, 1.807) is 6.07 Å². The van der Waals surface area contributed by atoms with Crippen LogP contribution < -0.4 is 9.47 Å². The minimum absolute atomic E-state index is 0.00225. The molecule has 3 unspecified atom stereocenters. The molecular weight excluding hydrogens is 548 g/mol. The number of aliphatic carboxylic acids is 1. The van der Waals surface area contributed by atoms with Gasteiger partial charge in [-0.15, -0.1) is 0 Å². The van der Waals surface area contributed by atoms with E-state index in [-0.39, 0.29) is 37.5 Å². The minimum Gasteiger partial charge on any atom is -0.481 e. The van der Waals surface area contributed by atoms with E-state index in [1.807, 2.05) is 36.0 Å². The molecule has 0 bridgehead atoms. The molecule has 3 aliphatic heterocycles. The average Bonchev–Trinajstić information content (AvgIpc) is 3.62. The van der Waals surface area contributed by atoms with E-state index in [9.17, 15) is 23.1 Å². The highest BCUT2D eigenvalue weighted by Crippen LogP contribution is 2.43. The summed E-state index contributed by atoms with van der Waals surface area (Å²) >= 11 is 0. The second-order valence-corrected chi connectivity index (χ2v) is 13.8. The van der Waals surface area contributed by atoms with Crippen LogP contribution >= 0.6 is 0 Å². The van der Waals surface area contributed by atoms with Crippen LogP contribution in [0.15, 0.2) is 18.2 Å². The average molecular weight is 595 g/mol. The van der Waals surface area contributed by atoms with Crippen molar-refractivity contribution in [1.29, 1.82) is 0 Å². The smallest absolute Gasteiger partial charge is 0.308 e. The zero-order valence-corrected chi connectivity index (χ0v) is 25.5. The number of fused-ring (bicyclic) bond motifs is 1. The highest BCUT2D eigenvalue weighted by molar-refractivity contribution is 7.89. The molecule has 3 aliphatic rings. The lowest BCUT2D eigenvalue weighted by molar-refractivity contribution is -0.143. The number of nitrogens with zero attached hydrogens (tertiary/aromatic N) is 4. The maximum Gasteiger partial charge on any atom is 0.308 e. The number of hydrogen-bond acceptors (Lipinski definition) is 8. The molecule has 0 radical (unpaired) electrons. The number of benzene rings is 1. The Morgan fingerprint density at radius 3 is 2.49 bits per heavy atom. The molecule has 0 aliphatic carbocycles. The monoisotopic (exact) mass is 594 g/mol. The van der Waals surface area contributed by atoms with Gasteiger partial charge in [0, 0.05) is 44.7 Å². The van der Waals surface area contributed by atoms with Crippen LogP contribution in [0, 0.1) is 5.92 Å². The number of carboxylic acids is 1. The molecule has 1 aromatic rings. The van der Waals surface area contributed by atoms with Crippen molar-refractivity contribution in [3.05, 3.63) is 23.8 Å². The summed E-state index contributed by atoms with van der Waals surface area (Å²) in [6.45, 7) is 5.74. The number of unbranched alkanes of at least 4 members (excludes halogenated alkanes) is 2. The molecule has 1 aromatic carbocycles. The summed E-state index contributed by atoms with van der Waals surface area (Å²) in [5, 5.41) is 10.5.